The molecule has 0 aliphatic rings. The Bertz CT molecular complexity index is 778. The van der Waals surface area contributed by atoms with Crippen molar-refractivity contribution in [2.45, 2.75) is 13.0 Å². The van der Waals surface area contributed by atoms with Crippen LogP contribution in [0.2, 0.25) is 0 Å². The lowest BCUT2D eigenvalue weighted by Crippen LogP contribution is -3.11. The minimum atomic E-state index is -0.428. The summed E-state index contributed by atoms with van der Waals surface area (Å²) in [7, 11) is 5.33. The third kappa shape index (κ3) is 5.16. The Balaban J connectivity index is 2.14. The van der Waals surface area contributed by atoms with Crippen LogP contribution in [0, 0.1) is 6.92 Å². The average Bonchev–Trinajstić information content (AvgIpc) is 2.58. The van der Waals surface area contributed by atoms with Gasteiger partial charge in [-0.15, -0.1) is 0 Å². The molecule has 6 heteroatoms. The first-order valence-electron chi connectivity index (χ1n) is 8.44. The topological polar surface area (TPSA) is 53.9 Å². The average molecular weight is 419 g/mol. The quantitative estimate of drug-likeness (QED) is 0.753. The minimum absolute atomic E-state index is 0.0266. The number of aryl methyl sites for hydroxylation is 1. The minimum Gasteiger partial charge on any atom is -0.343 e. The Kier molecular flexibility index (Phi) is 6.94. The van der Waals surface area contributed by atoms with Crippen LogP contribution in [-0.2, 0) is 9.59 Å². The number of hydrogen-bond donors (Lipinski definition) is 2. The van der Waals surface area contributed by atoms with Gasteiger partial charge in [0.2, 0.25) is 0 Å². The summed E-state index contributed by atoms with van der Waals surface area (Å²) < 4.78 is 0.969. The zero-order valence-electron chi connectivity index (χ0n) is 15.5. The number of halogens is 1. The smallest absolute Gasteiger partial charge is 0.285 e. The Morgan fingerprint density at radius 2 is 1.81 bits per heavy atom. The van der Waals surface area contributed by atoms with Crippen LogP contribution in [-0.4, -0.2) is 44.4 Å². The standard InChI is InChI=1S/C20H24BrN3O2/c1-14-12-16(21)10-11-17(14)22-18(25)13-24(4)19(20(26)23(2)3)15-8-6-5-7-9-15/h5-12,19H,13H2,1-4H3,(H,22,25)/p+1/t19-/m0/s1. The van der Waals surface area contributed by atoms with Crippen molar-refractivity contribution in [1.29, 1.82) is 0 Å². The zero-order chi connectivity index (χ0) is 19.3. The number of carbonyl (C=O) groups is 2. The molecule has 2 rings (SSSR count). The van der Waals surface area contributed by atoms with E-state index >= 15 is 0 Å². The number of nitrogens with zero attached hydrogens (tertiary/aromatic N) is 1. The molecule has 0 saturated carbocycles. The highest BCUT2D eigenvalue weighted by atomic mass is 79.9. The van der Waals surface area contributed by atoms with Crippen LogP contribution in [0.25, 0.3) is 0 Å². The van der Waals surface area contributed by atoms with Gasteiger partial charge in [-0.2, -0.15) is 0 Å². The molecule has 0 heterocycles. The van der Waals surface area contributed by atoms with Crippen LogP contribution in [0.3, 0.4) is 0 Å². The van der Waals surface area contributed by atoms with E-state index in [0.717, 1.165) is 26.2 Å². The highest BCUT2D eigenvalue weighted by molar-refractivity contribution is 9.10. The lowest BCUT2D eigenvalue weighted by molar-refractivity contribution is -0.894. The van der Waals surface area contributed by atoms with Crippen molar-refractivity contribution in [2.75, 3.05) is 33.0 Å². The van der Waals surface area contributed by atoms with Crippen molar-refractivity contribution in [3.8, 4) is 0 Å². The molecule has 138 valence electrons. The van der Waals surface area contributed by atoms with Crippen molar-refractivity contribution in [3.63, 3.8) is 0 Å². The van der Waals surface area contributed by atoms with Crippen molar-refractivity contribution in [3.05, 3.63) is 64.1 Å². The molecule has 0 bridgehead atoms. The van der Waals surface area contributed by atoms with Crippen LogP contribution in [0.1, 0.15) is 17.2 Å². The fourth-order valence-electron chi connectivity index (χ4n) is 2.86. The third-order valence-electron chi connectivity index (χ3n) is 4.22. The van der Waals surface area contributed by atoms with Gasteiger partial charge in [-0.3, -0.25) is 9.59 Å². The lowest BCUT2D eigenvalue weighted by atomic mass is 10.0. The predicted molar refractivity (Wildman–Crippen MR) is 107 cm³/mol. The van der Waals surface area contributed by atoms with Gasteiger partial charge in [0.05, 0.1) is 7.05 Å². The molecule has 2 N–H and O–H groups in total. The first-order valence-corrected chi connectivity index (χ1v) is 9.23. The lowest BCUT2D eigenvalue weighted by Gasteiger charge is -2.26. The van der Waals surface area contributed by atoms with E-state index in [1.165, 1.54) is 0 Å². The Labute approximate surface area is 163 Å². The number of rotatable bonds is 6. The number of benzene rings is 2. The second-order valence-corrected chi connectivity index (χ2v) is 7.52. The number of nitrogens with one attached hydrogen (secondary N) is 2. The molecule has 5 nitrogen and oxygen atoms in total. The van der Waals surface area contributed by atoms with Crippen LogP contribution >= 0.6 is 15.9 Å². The highest BCUT2D eigenvalue weighted by Gasteiger charge is 2.31. The van der Waals surface area contributed by atoms with Gasteiger partial charge >= 0.3 is 0 Å². The molecular weight excluding hydrogens is 394 g/mol. The maximum Gasteiger partial charge on any atom is 0.285 e. The van der Waals surface area contributed by atoms with Gasteiger partial charge in [-0.05, 0) is 30.7 Å². The Morgan fingerprint density at radius 3 is 2.38 bits per heavy atom. The van der Waals surface area contributed by atoms with Gasteiger partial charge in [-0.1, -0.05) is 46.3 Å². The monoisotopic (exact) mass is 418 g/mol. The summed E-state index contributed by atoms with van der Waals surface area (Å²) in [4.78, 5) is 27.6. The molecule has 0 fully saturated rings. The predicted octanol–water partition coefficient (Wildman–Crippen LogP) is 2.04. The maximum atomic E-state index is 12.7. The highest BCUT2D eigenvalue weighted by Crippen LogP contribution is 2.19. The van der Waals surface area contributed by atoms with Crippen LogP contribution < -0.4 is 10.2 Å². The first-order chi connectivity index (χ1) is 12.3. The molecule has 0 saturated heterocycles. The van der Waals surface area contributed by atoms with E-state index in [-0.39, 0.29) is 18.4 Å². The fraction of sp³-hybridized carbons (Fsp3) is 0.300. The van der Waals surface area contributed by atoms with E-state index < -0.39 is 6.04 Å². The zero-order valence-corrected chi connectivity index (χ0v) is 17.1. The molecule has 0 aliphatic heterocycles. The van der Waals surface area contributed by atoms with E-state index in [1.807, 2.05) is 62.5 Å². The van der Waals surface area contributed by atoms with E-state index in [4.69, 9.17) is 0 Å². The van der Waals surface area contributed by atoms with Crippen molar-refractivity contribution >= 4 is 33.4 Å². The molecule has 2 atom stereocenters. The Morgan fingerprint density at radius 1 is 1.15 bits per heavy atom. The summed E-state index contributed by atoms with van der Waals surface area (Å²) in [5.74, 6) is -0.151. The van der Waals surface area contributed by atoms with E-state index in [9.17, 15) is 9.59 Å². The van der Waals surface area contributed by atoms with Gasteiger partial charge in [-0.25, -0.2) is 0 Å². The van der Waals surface area contributed by atoms with Gasteiger partial charge in [0.25, 0.3) is 11.8 Å². The molecule has 2 aromatic rings. The number of hydrogen-bond acceptors (Lipinski definition) is 2. The number of likely N-dealkylation sites (N-methyl/N-ethyl adjacent to an activating group) is 2. The van der Waals surface area contributed by atoms with Gasteiger partial charge in [0, 0.05) is 29.8 Å². The van der Waals surface area contributed by atoms with Crippen molar-refractivity contribution in [2.24, 2.45) is 0 Å². The number of anilines is 1. The van der Waals surface area contributed by atoms with Gasteiger partial charge in [0.15, 0.2) is 12.6 Å². The molecule has 0 radical (unpaired) electrons. The number of amides is 2. The summed E-state index contributed by atoms with van der Waals surface area (Å²) in [6, 6.07) is 14.9. The largest absolute Gasteiger partial charge is 0.343 e. The second kappa shape index (κ2) is 8.96. The maximum absolute atomic E-state index is 12.7. The number of carbonyl (C=O) groups excluding carboxylic acids is 2. The SMILES string of the molecule is Cc1cc(Br)ccc1NC(=O)C[NH+](C)[C@H](C(=O)N(C)C)c1ccccc1. The normalized spacial score (nSPS) is 13.0. The molecule has 2 aromatic carbocycles. The summed E-state index contributed by atoms with van der Waals surface area (Å²) in [6.45, 7) is 2.13. The molecule has 1 unspecified atom stereocenters. The van der Waals surface area contributed by atoms with E-state index in [2.05, 4.69) is 21.2 Å². The molecule has 0 spiro atoms. The van der Waals surface area contributed by atoms with E-state index in [1.54, 1.807) is 19.0 Å². The van der Waals surface area contributed by atoms with E-state index in [0.29, 0.717) is 0 Å². The second-order valence-electron chi connectivity index (χ2n) is 6.61. The van der Waals surface area contributed by atoms with Crippen molar-refractivity contribution < 1.29 is 14.5 Å². The summed E-state index contributed by atoms with van der Waals surface area (Å²) >= 11 is 3.42. The molecule has 26 heavy (non-hydrogen) atoms. The van der Waals surface area contributed by atoms with Crippen molar-refractivity contribution in [1.82, 2.24) is 4.90 Å². The van der Waals surface area contributed by atoms with Crippen LogP contribution in [0.5, 0.6) is 0 Å². The van der Waals surface area contributed by atoms with Gasteiger partial charge < -0.3 is 15.1 Å². The number of quaternary nitrogens is 1. The third-order valence-corrected chi connectivity index (χ3v) is 4.71. The van der Waals surface area contributed by atoms with Gasteiger partial charge in [0.1, 0.15) is 0 Å². The molecular formula is C20H25BrN3O2+. The molecule has 2 amide bonds. The first kappa shape index (κ1) is 20.1. The van der Waals surface area contributed by atoms with Crippen LogP contribution in [0.15, 0.2) is 53.0 Å². The summed E-state index contributed by atoms with van der Waals surface area (Å²) in [6.07, 6.45) is 0. The summed E-state index contributed by atoms with van der Waals surface area (Å²) in [5.41, 5.74) is 2.66. The molecule has 0 aromatic heterocycles. The fourth-order valence-corrected chi connectivity index (χ4v) is 3.33. The Hall–Kier alpha value is -2.18. The summed E-state index contributed by atoms with van der Waals surface area (Å²) in [5, 5.41) is 2.94. The van der Waals surface area contributed by atoms with Crippen LogP contribution in [0.4, 0.5) is 5.69 Å². The molecule has 0 aliphatic carbocycles.